The summed E-state index contributed by atoms with van der Waals surface area (Å²) in [5, 5.41) is 19.7. The summed E-state index contributed by atoms with van der Waals surface area (Å²) in [6, 6.07) is 2.67. The normalized spacial score (nSPS) is 12.0. The van der Waals surface area contributed by atoms with Crippen molar-refractivity contribution >= 4 is 11.6 Å². The molecule has 7 heteroatoms. The molecule has 1 unspecified atom stereocenters. The van der Waals surface area contributed by atoms with Crippen LogP contribution in [-0.4, -0.2) is 40.5 Å². The number of non-ortho nitro benzene ring substituents is 1. The van der Waals surface area contributed by atoms with Gasteiger partial charge < -0.3 is 10.0 Å². The van der Waals surface area contributed by atoms with Crippen LogP contribution in [-0.2, 0) is 0 Å². The van der Waals surface area contributed by atoms with Crippen LogP contribution in [0.5, 0.6) is 0 Å². The number of aliphatic hydroxyl groups is 1. The van der Waals surface area contributed by atoms with Crippen LogP contribution in [0.2, 0.25) is 0 Å². The topological polar surface area (TPSA) is 83.7 Å². The molecule has 0 spiro atoms. The van der Waals surface area contributed by atoms with Gasteiger partial charge in [0.15, 0.2) is 0 Å². The van der Waals surface area contributed by atoms with Crippen LogP contribution >= 0.6 is 0 Å². The Hall–Kier alpha value is -2.02. The van der Waals surface area contributed by atoms with Crippen molar-refractivity contribution in [3.8, 4) is 0 Å². The number of aliphatic hydroxyl groups excluding tert-OH is 1. The summed E-state index contributed by atoms with van der Waals surface area (Å²) in [5.41, 5.74) is -0.603. The maximum absolute atomic E-state index is 13.1. The molecule has 0 fully saturated rings. The van der Waals surface area contributed by atoms with Gasteiger partial charge in [-0.15, -0.1) is 0 Å². The molecular weight excluding hydrogens is 243 g/mol. The number of carbonyl (C=O) groups excluding carboxylic acids is 1. The highest BCUT2D eigenvalue weighted by atomic mass is 19.1. The number of nitrogens with zero attached hydrogens (tertiary/aromatic N) is 2. The van der Waals surface area contributed by atoms with Crippen molar-refractivity contribution in [2.75, 3.05) is 13.6 Å². The number of nitro benzene ring substituents is 1. The first-order valence-corrected chi connectivity index (χ1v) is 5.19. The SMILES string of the molecule is CC(O)CN(C)C(=O)c1cc(F)cc([N+](=O)[O-])c1. The van der Waals surface area contributed by atoms with Crippen LogP contribution in [0.4, 0.5) is 10.1 Å². The Balaban J connectivity index is 3.02. The molecule has 0 saturated heterocycles. The van der Waals surface area contributed by atoms with Crippen LogP contribution < -0.4 is 0 Å². The van der Waals surface area contributed by atoms with Crippen molar-refractivity contribution in [3.63, 3.8) is 0 Å². The van der Waals surface area contributed by atoms with E-state index in [0.29, 0.717) is 0 Å². The Kier molecular flexibility index (Phi) is 4.33. The second-order valence-electron chi connectivity index (χ2n) is 3.99. The summed E-state index contributed by atoms with van der Waals surface area (Å²) in [7, 11) is 1.42. The predicted octanol–water partition coefficient (Wildman–Crippen LogP) is 1.19. The molecule has 1 N–H and O–H groups in total. The van der Waals surface area contributed by atoms with E-state index in [9.17, 15) is 19.3 Å². The van der Waals surface area contributed by atoms with Crippen LogP contribution in [0.1, 0.15) is 17.3 Å². The Morgan fingerprint density at radius 1 is 1.56 bits per heavy atom. The van der Waals surface area contributed by atoms with Crippen LogP contribution in [0.15, 0.2) is 18.2 Å². The maximum atomic E-state index is 13.1. The quantitative estimate of drug-likeness (QED) is 0.647. The third kappa shape index (κ3) is 3.49. The van der Waals surface area contributed by atoms with Crippen LogP contribution in [0, 0.1) is 15.9 Å². The van der Waals surface area contributed by atoms with E-state index in [1.165, 1.54) is 18.9 Å². The van der Waals surface area contributed by atoms with Crippen LogP contribution in [0.25, 0.3) is 0 Å². The molecule has 0 aliphatic heterocycles. The van der Waals surface area contributed by atoms with Gasteiger partial charge in [-0.2, -0.15) is 0 Å². The zero-order valence-electron chi connectivity index (χ0n) is 9.96. The second-order valence-corrected chi connectivity index (χ2v) is 3.99. The summed E-state index contributed by atoms with van der Waals surface area (Å²) in [4.78, 5) is 22.8. The fourth-order valence-electron chi connectivity index (χ4n) is 1.50. The highest BCUT2D eigenvalue weighted by Gasteiger charge is 2.18. The molecule has 1 aromatic carbocycles. The van der Waals surface area contributed by atoms with Gasteiger partial charge in [0.2, 0.25) is 0 Å². The summed E-state index contributed by atoms with van der Waals surface area (Å²) in [6.45, 7) is 1.56. The van der Waals surface area contributed by atoms with E-state index in [1.807, 2.05) is 0 Å². The lowest BCUT2D eigenvalue weighted by Crippen LogP contribution is -2.33. The first kappa shape index (κ1) is 14.0. The van der Waals surface area contributed by atoms with Crippen LogP contribution in [0.3, 0.4) is 0 Å². The molecule has 0 saturated carbocycles. The molecule has 1 atom stereocenters. The van der Waals surface area contributed by atoms with Crippen molar-refractivity contribution in [1.29, 1.82) is 0 Å². The highest BCUT2D eigenvalue weighted by molar-refractivity contribution is 5.94. The largest absolute Gasteiger partial charge is 0.392 e. The molecule has 1 aromatic rings. The number of carbonyl (C=O) groups is 1. The number of nitro groups is 1. The summed E-state index contributed by atoms with van der Waals surface area (Å²) in [6.07, 6.45) is -0.734. The molecule has 0 radical (unpaired) electrons. The first-order chi connectivity index (χ1) is 8.31. The fraction of sp³-hybridized carbons (Fsp3) is 0.364. The van der Waals surface area contributed by atoms with Gasteiger partial charge in [0.25, 0.3) is 11.6 Å². The number of halogens is 1. The minimum absolute atomic E-state index is 0.0587. The lowest BCUT2D eigenvalue weighted by atomic mass is 10.1. The summed E-state index contributed by atoms with van der Waals surface area (Å²) < 4.78 is 13.1. The fourth-order valence-corrected chi connectivity index (χ4v) is 1.50. The van der Waals surface area contributed by atoms with E-state index in [-0.39, 0.29) is 12.1 Å². The minimum atomic E-state index is -0.849. The zero-order valence-corrected chi connectivity index (χ0v) is 9.96. The van der Waals surface area contributed by atoms with Crippen molar-refractivity contribution < 1.29 is 19.2 Å². The molecule has 1 rings (SSSR count). The Labute approximate surface area is 103 Å². The number of hydrogen-bond acceptors (Lipinski definition) is 4. The average Bonchev–Trinajstić information content (AvgIpc) is 2.26. The third-order valence-corrected chi connectivity index (χ3v) is 2.23. The van der Waals surface area contributed by atoms with Gasteiger partial charge in [0.05, 0.1) is 17.1 Å². The van der Waals surface area contributed by atoms with Crippen molar-refractivity contribution in [1.82, 2.24) is 4.90 Å². The zero-order chi connectivity index (χ0) is 13.9. The summed E-state index contributed by atoms with van der Waals surface area (Å²) in [5.74, 6) is -1.43. The molecule has 0 bridgehead atoms. The predicted molar refractivity (Wildman–Crippen MR) is 61.7 cm³/mol. The third-order valence-electron chi connectivity index (χ3n) is 2.23. The van der Waals surface area contributed by atoms with Gasteiger partial charge in [-0.3, -0.25) is 14.9 Å². The standard InChI is InChI=1S/C11H13FN2O4/c1-7(15)6-13(2)11(16)8-3-9(12)5-10(4-8)14(17)18/h3-5,7,15H,6H2,1-2H3. The number of amides is 1. The maximum Gasteiger partial charge on any atom is 0.273 e. The lowest BCUT2D eigenvalue weighted by molar-refractivity contribution is -0.385. The molecular formula is C11H13FN2O4. The highest BCUT2D eigenvalue weighted by Crippen LogP contribution is 2.17. The van der Waals surface area contributed by atoms with E-state index in [4.69, 9.17) is 5.11 Å². The molecule has 1 amide bonds. The lowest BCUT2D eigenvalue weighted by Gasteiger charge is -2.18. The van der Waals surface area contributed by atoms with E-state index in [0.717, 1.165) is 18.2 Å². The second kappa shape index (κ2) is 5.54. The number of benzene rings is 1. The minimum Gasteiger partial charge on any atom is -0.392 e. The van der Waals surface area contributed by atoms with Gasteiger partial charge in [-0.05, 0) is 13.0 Å². The van der Waals surface area contributed by atoms with Gasteiger partial charge in [-0.1, -0.05) is 0 Å². The van der Waals surface area contributed by atoms with Crippen molar-refractivity contribution in [2.45, 2.75) is 13.0 Å². The van der Waals surface area contributed by atoms with Crippen molar-refractivity contribution in [2.24, 2.45) is 0 Å². The number of likely N-dealkylation sites (N-methyl/N-ethyl adjacent to an activating group) is 1. The molecule has 98 valence electrons. The molecule has 0 aromatic heterocycles. The molecule has 0 heterocycles. The molecule has 0 aliphatic carbocycles. The Morgan fingerprint density at radius 2 is 2.17 bits per heavy atom. The van der Waals surface area contributed by atoms with Gasteiger partial charge in [0.1, 0.15) is 5.82 Å². The first-order valence-electron chi connectivity index (χ1n) is 5.19. The molecule has 6 nitrogen and oxygen atoms in total. The summed E-state index contributed by atoms with van der Waals surface area (Å²) >= 11 is 0. The van der Waals surface area contributed by atoms with E-state index in [1.54, 1.807) is 0 Å². The molecule has 0 aliphatic rings. The smallest absolute Gasteiger partial charge is 0.273 e. The number of rotatable bonds is 4. The van der Waals surface area contributed by atoms with Gasteiger partial charge in [-0.25, -0.2) is 4.39 Å². The van der Waals surface area contributed by atoms with Crippen molar-refractivity contribution in [3.05, 3.63) is 39.7 Å². The Morgan fingerprint density at radius 3 is 2.67 bits per heavy atom. The average molecular weight is 256 g/mol. The Bertz CT molecular complexity index is 476. The monoisotopic (exact) mass is 256 g/mol. The molecule has 18 heavy (non-hydrogen) atoms. The van der Waals surface area contributed by atoms with E-state index >= 15 is 0 Å². The van der Waals surface area contributed by atoms with E-state index < -0.39 is 28.4 Å². The van der Waals surface area contributed by atoms with E-state index in [2.05, 4.69) is 0 Å². The van der Waals surface area contributed by atoms with Gasteiger partial charge in [0, 0.05) is 25.2 Å². The van der Waals surface area contributed by atoms with Gasteiger partial charge >= 0.3 is 0 Å². The number of hydrogen-bond donors (Lipinski definition) is 1.